The molecular formula is C9H17F3N2. The van der Waals surface area contributed by atoms with Crippen LogP contribution in [0.15, 0.2) is 0 Å². The number of hydrogen-bond donors (Lipinski definition) is 1. The summed E-state index contributed by atoms with van der Waals surface area (Å²) in [6.07, 6.45) is -3.29. The van der Waals surface area contributed by atoms with Gasteiger partial charge < -0.3 is 5.32 Å². The van der Waals surface area contributed by atoms with E-state index in [9.17, 15) is 13.2 Å². The van der Waals surface area contributed by atoms with E-state index in [0.717, 1.165) is 0 Å². The van der Waals surface area contributed by atoms with Gasteiger partial charge in [0.05, 0.1) is 0 Å². The molecule has 1 aliphatic heterocycles. The summed E-state index contributed by atoms with van der Waals surface area (Å²) in [6, 6.07) is -1.24. The molecule has 0 aliphatic carbocycles. The molecule has 1 saturated heterocycles. The summed E-state index contributed by atoms with van der Waals surface area (Å²) in [5.74, 6) is 0. The number of nitrogens with zero attached hydrogens (tertiary/aromatic N) is 1. The Morgan fingerprint density at radius 2 is 1.86 bits per heavy atom. The van der Waals surface area contributed by atoms with Crippen LogP contribution in [0.1, 0.15) is 19.8 Å². The molecule has 1 N–H and O–H groups in total. The van der Waals surface area contributed by atoms with E-state index in [1.807, 2.05) is 0 Å². The van der Waals surface area contributed by atoms with E-state index < -0.39 is 12.2 Å². The normalized spacial score (nSPS) is 22.3. The highest BCUT2D eigenvalue weighted by Gasteiger charge is 2.42. The maximum absolute atomic E-state index is 12.6. The smallest absolute Gasteiger partial charge is 0.314 e. The minimum Gasteiger partial charge on any atom is -0.314 e. The molecule has 0 aromatic carbocycles. The van der Waals surface area contributed by atoms with E-state index in [1.54, 1.807) is 11.8 Å². The predicted octanol–water partition coefficient (Wildman–Crippen LogP) is 1.62. The van der Waals surface area contributed by atoms with Gasteiger partial charge in [0.25, 0.3) is 0 Å². The third-order valence-corrected chi connectivity index (χ3v) is 2.53. The fourth-order valence-corrected chi connectivity index (χ4v) is 1.82. The van der Waals surface area contributed by atoms with Crippen molar-refractivity contribution in [2.24, 2.45) is 0 Å². The largest absolute Gasteiger partial charge is 0.404 e. The van der Waals surface area contributed by atoms with Crippen LogP contribution >= 0.6 is 0 Å². The highest BCUT2D eigenvalue weighted by atomic mass is 19.4. The summed E-state index contributed by atoms with van der Waals surface area (Å²) in [5.41, 5.74) is 0. The summed E-state index contributed by atoms with van der Waals surface area (Å²) in [7, 11) is 0. The van der Waals surface area contributed by atoms with Crippen molar-refractivity contribution < 1.29 is 13.2 Å². The van der Waals surface area contributed by atoms with Gasteiger partial charge >= 0.3 is 6.18 Å². The first-order valence-corrected chi connectivity index (χ1v) is 5.07. The maximum atomic E-state index is 12.6. The Bertz CT molecular complexity index is 164. The molecule has 5 heteroatoms. The standard InChI is InChI=1S/C9H17F3N2/c1-2-3-8(9(10,11)12)14-6-4-13-5-7-14/h8,13H,2-7H2,1H3/t8-/m0/s1. The van der Waals surface area contributed by atoms with Crippen LogP contribution in [0.2, 0.25) is 0 Å². The maximum Gasteiger partial charge on any atom is 0.404 e. The van der Waals surface area contributed by atoms with Gasteiger partial charge in [0.1, 0.15) is 6.04 Å². The Morgan fingerprint density at radius 3 is 2.29 bits per heavy atom. The zero-order chi connectivity index (χ0) is 10.6. The lowest BCUT2D eigenvalue weighted by atomic mass is 10.1. The molecular weight excluding hydrogens is 193 g/mol. The van der Waals surface area contributed by atoms with Crippen molar-refractivity contribution in [1.82, 2.24) is 10.2 Å². The predicted molar refractivity (Wildman–Crippen MR) is 49.2 cm³/mol. The molecule has 1 rings (SSSR count). The second-order valence-corrected chi connectivity index (χ2v) is 3.63. The van der Waals surface area contributed by atoms with E-state index in [2.05, 4.69) is 5.32 Å². The average molecular weight is 210 g/mol. The third-order valence-electron chi connectivity index (χ3n) is 2.53. The molecule has 14 heavy (non-hydrogen) atoms. The van der Waals surface area contributed by atoms with Gasteiger partial charge in [-0.3, -0.25) is 4.90 Å². The molecule has 0 unspecified atom stereocenters. The Hall–Kier alpha value is -0.290. The molecule has 0 aromatic heterocycles. The van der Waals surface area contributed by atoms with Crippen molar-refractivity contribution in [2.45, 2.75) is 32.0 Å². The van der Waals surface area contributed by atoms with E-state index in [4.69, 9.17) is 0 Å². The van der Waals surface area contributed by atoms with Crippen LogP contribution in [-0.2, 0) is 0 Å². The quantitative estimate of drug-likeness (QED) is 0.761. The molecule has 2 nitrogen and oxygen atoms in total. The number of alkyl halides is 3. The second kappa shape index (κ2) is 4.98. The fraction of sp³-hybridized carbons (Fsp3) is 1.00. The molecule has 1 fully saturated rings. The zero-order valence-corrected chi connectivity index (χ0v) is 8.40. The second-order valence-electron chi connectivity index (χ2n) is 3.63. The van der Waals surface area contributed by atoms with Gasteiger partial charge in [-0.2, -0.15) is 13.2 Å². The van der Waals surface area contributed by atoms with Gasteiger partial charge in [-0.1, -0.05) is 13.3 Å². The van der Waals surface area contributed by atoms with Gasteiger partial charge in [-0.25, -0.2) is 0 Å². The Labute approximate surface area is 82.5 Å². The fourth-order valence-electron chi connectivity index (χ4n) is 1.82. The molecule has 84 valence electrons. The number of rotatable bonds is 3. The van der Waals surface area contributed by atoms with Crippen LogP contribution in [0.3, 0.4) is 0 Å². The van der Waals surface area contributed by atoms with Crippen LogP contribution < -0.4 is 5.32 Å². The summed E-state index contributed by atoms with van der Waals surface area (Å²) in [4.78, 5) is 1.54. The number of piperazine rings is 1. The summed E-state index contributed by atoms with van der Waals surface area (Å²) in [5, 5.41) is 3.05. The topological polar surface area (TPSA) is 15.3 Å². The molecule has 1 heterocycles. The molecule has 0 aromatic rings. The Kier molecular flexibility index (Phi) is 4.19. The molecule has 0 saturated carbocycles. The summed E-state index contributed by atoms with van der Waals surface area (Å²) >= 11 is 0. The van der Waals surface area contributed by atoms with Gasteiger partial charge in [-0.15, -0.1) is 0 Å². The van der Waals surface area contributed by atoms with Crippen LogP contribution in [-0.4, -0.2) is 43.3 Å². The Morgan fingerprint density at radius 1 is 1.29 bits per heavy atom. The zero-order valence-electron chi connectivity index (χ0n) is 8.40. The van der Waals surface area contributed by atoms with E-state index in [1.165, 1.54) is 0 Å². The van der Waals surface area contributed by atoms with Gasteiger partial charge in [0.15, 0.2) is 0 Å². The van der Waals surface area contributed by atoms with Crippen molar-refractivity contribution in [3.63, 3.8) is 0 Å². The first-order valence-electron chi connectivity index (χ1n) is 5.07. The minimum absolute atomic E-state index is 0.212. The van der Waals surface area contributed by atoms with Crippen molar-refractivity contribution in [1.29, 1.82) is 0 Å². The van der Waals surface area contributed by atoms with Gasteiger partial charge in [0.2, 0.25) is 0 Å². The first kappa shape index (κ1) is 11.8. The first-order chi connectivity index (χ1) is 6.55. The number of hydrogen-bond acceptors (Lipinski definition) is 2. The van der Waals surface area contributed by atoms with Crippen LogP contribution in [0.4, 0.5) is 13.2 Å². The number of halogens is 3. The lowest BCUT2D eigenvalue weighted by Gasteiger charge is -2.35. The molecule has 1 aliphatic rings. The highest BCUT2D eigenvalue weighted by Crippen LogP contribution is 2.28. The van der Waals surface area contributed by atoms with Crippen molar-refractivity contribution >= 4 is 0 Å². The molecule has 0 amide bonds. The van der Waals surface area contributed by atoms with Crippen LogP contribution in [0.5, 0.6) is 0 Å². The highest BCUT2D eigenvalue weighted by molar-refractivity contribution is 4.81. The summed E-state index contributed by atoms with van der Waals surface area (Å²) in [6.45, 7) is 4.13. The lowest BCUT2D eigenvalue weighted by molar-refractivity contribution is -0.186. The molecule has 0 spiro atoms. The monoisotopic (exact) mass is 210 g/mol. The average Bonchev–Trinajstić information content (AvgIpc) is 2.14. The van der Waals surface area contributed by atoms with Crippen molar-refractivity contribution in [3.05, 3.63) is 0 Å². The van der Waals surface area contributed by atoms with E-state index in [-0.39, 0.29) is 6.42 Å². The van der Waals surface area contributed by atoms with Crippen molar-refractivity contribution in [2.75, 3.05) is 26.2 Å². The third kappa shape index (κ3) is 3.13. The summed E-state index contributed by atoms with van der Waals surface area (Å²) < 4.78 is 37.9. The minimum atomic E-state index is -4.08. The van der Waals surface area contributed by atoms with Gasteiger partial charge in [0, 0.05) is 26.2 Å². The van der Waals surface area contributed by atoms with Crippen LogP contribution in [0, 0.1) is 0 Å². The molecule has 0 bridgehead atoms. The molecule has 0 radical (unpaired) electrons. The van der Waals surface area contributed by atoms with Gasteiger partial charge in [-0.05, 0) is 6.42 Å². The van der Waals surface area contributed by atoms with Crippen LogP contribution in [0.25, 0.3) is 0 Å². The van der Waals surface area contributed by atoms with E-state index >= 15 is 0 Å². The van der Waals surface area contributed by atoms with E-state index in [0.29, 0.717) is 32.6 Å². The Balaban J connectivity index is 2.56. The lowest BCUT2D eigenvalue weighted by Crippen LogP contribution is -2.53. The number of nitrogens with one attached hydrogen (secondary N) is 1. The molecule has 1 atom stereocenters. The van der Waals surface area contributed by atoms with Crippen molar-refractivity contribution in [3.8, 4) is 0 Å². The SMILES string of the molecule is CCC[C@H](N1CCNCC1)C(F)(F)F.